The van der Waals surface area contributed by atoms with E-state index in [4.69, 9.17) is 15.1 Å². The summed E-state index contributed by atoms with van der Waals surface area (Å²) in [6, 6.07) is 11.1. The number of nitriles is 1. The van der Waals surface area contributed by atoms with Crippen molar-refractivity contribution in [3.63, 3.8) is 0 Å². The Kier molecular flexibility index (Phi) is 7.01. The van der Waals surface area contributed by atoms with Crippen LogP contribution in [-0.2, 0) is 11.2 Å². The van der Waals surface area contributed by atoms with E-state index in [0.717, 1.165) is 10.0 Å². The highest BCUT2D eigenvalue weighted by Gasteiger charge is 2.26. The number of ether oxygens (including phenoxy) is 1. The zero-order valence-electron chi connectivity index (χ0n) is 14.2. The number of benzene rings is 2. The third-order valence-electron chi connectivity index (χ3n) is 3.76. The number of carbonyl (C=O) groups is 1. The molecule has 2 rings (SSSR count). The number of nitrogens with zero attached hydrogens (tertiary/aromatic N) is 1. The molecule has 0 saturated carbocycles. The van der Waals surface area contributed by atoms with Gasteiger partial charge in [0.05, 0.1) is 18.2 Å². The zero-order chi connectivity index (χ0) is 19.1. The van der Waals surface area contributed by atoms with Gasteiger partial charge in [0.2, 0.25) is 0 Å². The van der Waals surface area contributed by atoms with Gasteiger partial charge in [0.1, 0.15) is 12.4 Å². The van der Waals surface area contributed by atoms with Gasteiger partial charge >= 0.3 is 5.97 Å². The second kappa shape index (κ2) is 9.22. The lowest BCUT2D eigenvalue weighted by Crippen LogP contribution is -2.22. The van der Waals surface area contributed by atoms with Crippen LogP contribution in [0.1, 0.15) is 29.7 Å². The number of hydrogen-bond acceptors (Lipinski definition) is 5. The summed E-state index contributed by atoms with van der Waals surface area (Å²) >= 11 is 3.42. The molecule has 2 aromatic carbocycles. The van der Waals surface area contributed by atoms with E-state index < -0.39 is 12.0 Å². The summed E-state index contributed by atoms with van der Waals surface area (Å²) in [5, 5.41) is 30.7. The summed E-state index contributed by atoms with van der Waals surface area (Å²) in [7, 11) is 0. The first-order valence-electron chi connectivity index (χ1n) is 8.05. The van der Waals surface area contributed by atoms with Gasteiger partial charge in [0.15, 0.2) is 6.04 Å². The minimum Gasteiger partial charge on any atom is -0.491 e. The number of carboxylic acid groups (broad SMARTS) is 1. The van der Waals surface area contributed by atoms with Crippen molar-refractivity contribution < 1.29 is 19.7 Å². The second-order valence-electron chi connectivity index (χ2n) is 5.51. The van der Waals surface area contributed by atoms with Crippen molar-refractivity contribution in [2.24, 2.45) is 0 Å². The molecule has 3 N–H and O–H groups in total. The van der Waals surface area contributed by atoms with Gasteiger partial charge in [-0.2, -0.15) is 5.26 Å². The number of aliphatic hydroxyl groups excluding tert-OH is 1. The summed E-state index contributed by atoms with van der Waals surface area (Å²) in [5.41, 5.74) is 2.37. The van der Waals surface area contributed by atoms with Crippen molar-refractivity contribution in [3.05, 3.63) is 57.6 Å². The molecule has 6 nitrogen and oxygen atoms in total. The van der Waals surface area contributed by atoms with Gasteiger partial charge in [0.25, 0.3) is 0 Å². The maximum absolute atomic E-state index is 11.9. The average molecular weight is 419 g/mol. The van der Waals surface area contributed by atoms with Gasteiger partial charge < -0.3 is 20.3 Å². The fraction of sp³-hybridized carbons (Fsp3) is 0.263. The molecular weight excluding hydrogens is 400 g/mol. The molecule has 2 aromatic rings. The van der Waals surface area contributed by atoms with Crippen LogP contribution in [0.25, 0.3) is 0 Å². The van der Waals surface area contributed by atoms with E-state index in [9.17, 15) is 9.90 Å². The lowest BCUT2D eigenvalue weighted by molar-refractivity contribution is -0.138. The van der Waals surface area contributed by atoms with Crippen LogP contribution < -0.4 is 10.1 Å². The minimum atomic E-state index is -1.07. The normalized spacial score (nSPS) is 11.5. The third-order valence-corrected chi connectivity index (χ3v) is 4.22. The Morgan fingerprint density at radius 1 is 1.35 bits per heavy atom. The molecular formula is C19H19BrN2O4. The first-order chi connectivity index (χ1) is 12.5. The van der Waals surface area contributed by atoms with Gasteiger partial charge in [-0.25, -0.2) is 4.79 Å². The Bertz CT molecular complexity index is 816. The van der Waals surface area contributed by atoms with Gasteiger partial charge in [-0.05, 0) is 48.4 Å². The fourth-order valence-corrected chi connectivity index (χ4v) is 3.08. The number of hydrogen-bond donors (Lipinski definition) is 3. The summed E-state index contributed by atoms with van der Waals surface area (Å²) < 4.78 is 6.40. The lowest BCUT2D eigenvalue weighted by Gasteiger charge is -2.22. The highest BCUT2D eigenvalue weighted by Crippen LogP contribution is 2.35. The Hall–Kier alpha value is -2.56. The van der Waals surface area contributed by atoms with Crippen molar-refractivity contribution in [1.82, 2.24) is 0 Å². The van der Waals surface area contributed by atoms with Crippen LogP contribution in [0.4, 0.5) is 5.69 Å². The Morgan fingerprint density at radius 2 is 2.04 bits per heavy atom. The molecule has 1 unspecified atom stereocenters. The van der Waals surface area contributed by atoms with Gasteiger partial charge in [-0.1, -0.05) is 22.9 Å². The highest BCUT2D eigenvalue weighted by atomic mass is 79.9. The van der Waals surface area contributed by atoms with E-state index in [1.807, 2.05) is 19.1 Å². The number of rotatable bonds is 8. The number of anilines is 1. The molecule has 0 bridgehead atoms. The van der Waals surface area contributed by atoms with Gasteiger partial charge in [0, 0.05) is 15.7 Å². The molecule has 0 fully saturated rings. The molecule has 0 heterocycles. The number of aryl methyl sites for hydroxylation is 1. The van der Waals surface area contributed by atoms with E-state index >= 15 is 0 Å². The van der Waals surface area contributed by atoms with Gasteiger partial charge in [-0.15, -0.1) is 0 Å². The lowest BCUT2D eigenvalue weighted by atomic mass is 10.00. The molecule has 26 heavy (non-hydrogen) atoms. The average Bonchev–Trinajstić information content (AvgIpc) is 2.64. The SMILES string of the molecule is CCc1cc(Br)cc(C(Nc2ccc(C#N)cc2)C(=O)O)c1OCCO. The standard InChI is InChI=1S/C19H19BrN2O4/c1-2-13-9-14(20)10-16(18(13)26-8-7-23)17(19(24)25)22-15-5-3-12(11-21)4-6-15/h3-6,9-10,17,22-23H,2,7-8H2,1H3,(H,24,25). The van der Waals surface area contributed by atoms with Crippen molar-refractivity contribution in [2.45, 2.75) is 19.4 Å². The topological polar surface area (TPSA) is 103 Å². The molecule has 0 aliphatic carbocycles. The predicted octanol–water partition coefficient (Wildman–Crippen LogP) is 3.49. The molecule has 0 aliphatic rings. The van der Waals surface area contributed by atoms with E-state index in [2.05, 4.69) is 21.2 Å². The van der Waals surface area contributed by atoms with Crippen LogP contribution >= 0.6 is 15.9 Å². The Morgan fingerprint density at radius 3 is 2.58 bits per heavy atom. The molecule has 0 amide bonds. The van der Waals surface area contributed by atoms with Crippen molar-refractivity contribution in [1.29, 1.82) is 5.26 Å². The Balaban J connectivity index is 2.46. The largest absolute Gasteiger partial charge is 0.491 e. The van der Waals surface area contributed by atoms with Crippen molar-refractivity contribution in [3.8, 4) is 11.8 Å². The maximum atomic E-state index is 11.9. The van der Waals surface area contributed by atoms with Crippen LogP contribution in [-0.4, -0.2) is 29.4 Å². The van der Waals surface area contributed by atoms with Crippen molar-refractivity contribution >= 4 is 27.6 Å². The Labute approximate surface area is 160 Å². The summed E-state index contributed by atoms with van der Waals surface area (Å²) in [6.45, 7) is 1.85. The number of carboxylic acids is 1. The summed E-state index contributed by atoms with van der Waals surface area (Å²) in [6.07, 6.45) is 0.649. The van der Waals surface area contributed by atoms with Crippen LogP contribution in [0.5, 0.6) is 5.75 Å². The monoisotopic (exact) mass is 418 g/mol. The first-order valence-corrected chi connectivity index (χ1v) is 8.85. The molecule has 7 heteroatoms. The molecule has 0 spiro atoms. The van der Waals surface area contributed by atoms with Gasteiger partial charge in [-0.3, -0.25) is 0 Å². The summed E-state index contributed by atoms with van der Waals surface area (Å²) in [4.78, 5) is 11.9. The molecule has 0 aromatic heterocycles. The maximum Gasteiger partial charge on any atom is 0.330 e. The fourth-order valence-electron chi connectivity index (χ4n) is 2.55. The summed E-state index contributed by atoms with van der Waals surface area (Å²) in [5.74, 6) is -0.610. The van der Waals surface area contributed by atoms with Crippen LogP contribution in [0.2, 0.25) is 0 Å². The van der Waals surface area contributed by atoms with Crippen LogP contribution in [0.3, 0.4) is 0 Å². The van der Waals surface area contributed by atoms with Crippen molar-refractivity contribution in [2.75, 3.05) is 18.5 Å². The molecule has 0 aliphatic heterocycles. The quantitative estimate of drug-likeness (QED) is 0.606. The molecule has 136 valence electrons. The van der Waals surface area contributed by atoms with Crippen LogP contribution in [0, 0.1) is 11.3 Å². The molecule has 1 atom stereocenters. The number of aliphatic carboxylic acids is 1. The van der Waals surface area contributed by atoms with Crippen LogP contribution in [0.15, 0.2) is 40.9 Å². The van der Waals surface area contributed by atoms with E-state index in [-0.39, 0.29) is 13.2 Å². The molecule has 0 radical (unpaired) electrons. The smallest absolute Gasteiger partial charge is 0.330 e. The first kappa shape index (κ1) is 19.8. The minimum absolute atomic E-state index is 0.0742. The second-order valence-corrected chi connectivity index (χ2v) is 6.43. The predicted molar refractivity (Wildman–Crippen MR) is 101 cm³/mol. The number of nitrogens with one attached hydrogen (secondary N) is 1. The third kappa shape index (κ3) is 4.75. The number of halogens is 1. The van der Waals surface area contributed by atoms with E-state index in [1.165, 1.54) is 0 Å². The number of aliphatic hydroxyl groups is 1. The van der Waals surface area contributed by atoms with E-state index in [0.29, 0.717) is 29.0 Å². The molecule has 0 saturated heterocycles. The highest BCUT2D eigenvalue weighted by molar-refractivity contribution is 9.10. The van der Waals surface area contributed by atoms with E-state index in [1.54, 1.807) is 30.3 Å². The zero-order valence-corrected chi connectivity index (χ0v) is 15.8.